The van der Waals surface area contributed by atoms with Gasteiger partial charge in [0.15, 0.2) is 12.2 Å². The smallest absolute Gasteiger partial charge is 0.462 e. The summed E-state index contributed by atoms with van der Waals surface area (Å²) < 4.78 is 68.2. The molecule has 0 heterocycles. The maximum absolute atomic E-state index is 13.0. The lowest BCUT2D eigenvalue weighted by atomic mass is 9.99. The van der Waals surface area contributed by atoms with Crippen LogP contribution in [0.4, 0.5) is 0 Å². The summed E-state index contributed by atoms with van der Waals surface area (Å²) in [5, 5.41) is 10.6. The van der Waals surface area contributed by atoms with Crippen molar-refractivity contribution in [1.82, 2.24) is 0 Å². The number of esters is 4. The van der Waals surface area contributed by atoms with E-state index in [-0.39, 0.29) is 25.7 Å². The summed E-state index contributed by atoms with van der Waals surface area (Å²) in [5.41, 5.74) is 0. The minimum absolute atomic E-state index is 0.101. The lowest BCUT2D eigenvalue weighted by Crippen LogP contribution is -2.30. The molecule has 3 N–H and O–H groups in total. The highest BCUT2D eigenvalue weighted by atomic mass is 31.2. The summed E-state index contributed by atoms with van der Waals surface area (Å²) in [6.45, 7) is 14.0. The Bertz CT molecular complexity index is 1770. The number of carbonyl (C=O) groups excluding carboxylic acids is 4. The van der Waals surface area contributed by atoms with Crippen LogP contribution in [-0.2, 0) is 65.4 Å². The monoisotopic (exact) mass is 1310 g/mol. The number of aliphatic hydroxyl groups excluding tert-OH is 1. The molecule has 17 nitrogen and oxygen atoms in total. The molecule has 0 aromatic rings. The van der Waals surface area contributed by atoms with Crippen molar-refractivity contribution in [3.8, 4) is 0 Å². The van der Waals surface area contributed by atoms with Crippen molar-refractivity contribution >= 4 is 39.5 Å². The number of carbonyl (C=O) groups is 4. The predicted octanol–water partition coefficient (Wildman–Crippen LogP) is 19.7. The van der Waals surface area contributed by atoms with Crippen LogP contribution in [0.2, 0.25) is 0 Å². The van der Waals surface area contributed by atoms with Crippen molar-refractivity contribution < 1.29 is 80.2 Å². The second-order valence-corrected chi connectivity index (χ2v) is 29.6. The van der Waals surface area contributed by atoms with E-state index in [2.05, 4.69) is 55.4 Å². The van der Waals surface area contributed by atoms with E-state index < -0.39 is 97.5 Å². The van der Waals surface area contributed by atoms with Gasteiger partial charge in [-0.05, 0) is 49.4 Å². The van der Waals surface area contributed by atoms with Gasteiger partial charge in [0.25, 0.3) is 0 Å². The molecular formula is C70H136O17P2. The largest absolute Gasteiger partial charge is 0.472 e. The van der Waals surface area contributed by atoms with Gasteiger partial charge in [-0.15, -0.1) is 0 Å². The summed E-state index contributed by atoms with van der Waals surface area (Å²) in [6, 6.07) is 0. The molecule has 19 heteroatoms. The highest BCUT2D eigenvalue weighted by Crippen LogP contribution is 2.45. The molecule has 0 aliphatic carbocycles. The number of ether oxygens (including phenoxy) is 4. The van der Waals surface area contributed by atoms with Crippen LogP contribution in [0.5, 0.6) is 0 Å². The predicted molar refractivity (Wildman–Crippen MR) is 358 cm³/mol. The molecule has 0 aromatic heterocycles. The minimum atomic E-state index is -4.95. The molecule has 0 rings (SSSR count). The van der Waals surface area contributed by atoms with Crippen LogP contribution in [0.3, 0.4) is 0 Å². The van der Waals surface area contributed by atoms with Gasteiger partial charge in [-0.3, -0.25) is 37.3 Å². The zero-order valence-electron chi connectivity index (χ0n) is 58.1. The molecular weight excluding hydrogens is 1170 g/mol. The second kappa shape index (κ2) is 59.8. The van der Waals surface area contributed by atoms with E-state index in [1.165, 1.54) is 141 Å². The van der Waals surface area contributed by atoms with Gasteiger partial charge in [0.1, 0.15) is 19.3 Å². The van der Waals surface area contributed by atoms with E-state index in [0.29, 0.717) is 31.6 Å². The molecule has 4 unspecified atom stereocenters. The van der Waals surface area contributed by atoms with Crippen molar-refractivity contribution in [2.75, 3.05) is 39.6 Å². The molecule has 0 aliphatic rings. The fourth-order valence-electron chi connectivity index (χ4n) is 10.4. The Morgan fingerprint density at radius 2 is 0.539 bits per heavy atom. The lowest BCUT2D eigenvalue weighted by molar-refractivity contribution is -0.161. The van der Waals surface area contributed by atoms with Gasteiger partial charge >= 0.3 is 39.5 Å². The topological polar surface area (TPSA) is 237 Å². The van der Waals surface area contributed by atoms with Gasteiger partial charge in [-0.2, -0.15) is 0 Å². The van der Waals surface area contributed by atoms with Crippen LogP contribution in [0.25, 0.3) is 0 Å². The standard InChI is InChI=1S/C70H136O17P2/c1-9-62(7)48-40-32-23-20-21-24-34-42-50-67(72)80-56-66(87-70(75)53-45-37-28-26-31-39-47-61(5)6)59-85-89(78,79)83-55-64(71)54-82-88(76,77)84-58-65(57-81-68(73)51-43-35-29-27-33-41-49-63(8)10-2)86-69(74)52-44-36-25-19-17-15-13-11-12-14-16-18-22-30-38-46-60(3)4/h60-66,71H,9-59H2,1-8H3,(H,76,77)(H,78,79)/t62?,63?,64-,65+,66+/m0/s1. The average molecular weight is 1310 g/mol. The third kappa shape index (κ3) is 62.0. The van der Waals surface area contributed by atoms with Crippen molar-refractivity contribution in [2.45, 2.75) is 363 Å². The second-order valence-electron chi connectivity index (χ2n) is 26.7. The van der Waals surface area contributed by atoms with Crippen molar-refractivity contribution in [2.24, 2.45) is 23.7 Å². The summed E-state index contributed by atoms with van der Waals surface area (Å²) in [7, 11) is -9.90. The third-order valence-electron chi connectivity index (χ3n) is 16.8. The van der Waals surface area contributed by atoms with Gasteiger partial charge in [0.05, 0.1) is 26.4 Å². The van der Waals surface area contributed by atoms with E-state index in [9.17, 15) is 43.2 Å². The van der Waals surface area contributed by atoms with Gasteiger partial charge in [0.2, 0.25) is 0 Å². The van der Waals surface area contributed by atoms with Crippen molar-refractivity contribution in [3.05, 3.63) is 0 Å². The Kier molecular flexibility index (Phi) is 58.5. The molecule has 0 bridgehead atoms. The number of aliphatic hydroxyl groups is 1. The fourth-order valence-corrected chi connectivity index (χ4v) is 12.0. The molecule has 0 saturated heterocycles. The van der Waals surface area contributed by atoms with Crippen LogP contribution in [0.1, 0.15) is 344 Å². The quantitative estimate of drug-likeness (QED) is 0.0222. The van der Waals surface area contributed by atoms with Gasteiger partial charge < -0.3 is 33.8 Å². The SMILES string of the molecule is CCC(C)CCCCCCCCCCC(=O)OC[C@H](COP(=O)(O)OC[C@@H](O)COP(=O)(O)OC[C@@H](COC(=O)CCCCCCCCC(C)CC)OC(=O)CCCCCCCCCCCCCCCCCC(C)C)OC(=O)CCCCCCCCC(C)C. The fraction of sp³-hybridized carbons (Fsp3) is 0.943. The zero-order valence-corrected chi connectivity index (χ0v) is 59.8. The molecule has 0 radical (unpaired) electrons. The number of phosphoric ester groups is 2. The Morgan fingerprint density at radius 1 is 0.315 bits per heavy atom. The summed E-state index contributed by atoms with van der Waals surface area (Å²) in [6.07, 6.45) is 41.9. The summed E-state index contributed by atoms with van der Waals surface area (Å²) in [5.74, 6) is 0.845. The molecule has 528 valence electrons. The van der Waals surface area contributed by atoms with Crippen LogP contribution in [0.15, 0.2) is 0 Å². The first-order valence-electron chi connectivity index (χ1n) is 36.3. The maximum atomic E-state index is 13.0. The summed E-state index contributed by atoms with van der Waals surface area (Å²) >= 11 is 0. The average Bonchev–Trinajstić information content (AvgIpc) is 3.56. The normalized spacial score (nSPS) is 14.9. The molecule has 0 amide bonds. The van der Waals surface area contributed by atoms with Gasteiger partial charge in [0, 0.05) is 25.7 Å². The number of unbranched alkanes of at least 4 members (excludes halogenated alkanes) is 31. The Labute approximate surface area is 543 Å². The first kappa shape index (κ1) is 87.1. The lowest BCUT2D eigenvalue weighted by Gasteiger charge is -2.21. The number of phosphoric acid groups is 2. The number of hydrogen-bond donors (Lipinski definition) is 3. The molecule has 0 aliphatic heterocycles. The molecule has 7 atom stereocenters. The highest BCUT2D eigenvalue weighted by molar-refractivity contribution is 7.47. The minimum Gasteiger partial charge on any atom is -0.462 e. The molecule has 89 heavy (non-hydrogen) atoms. The third-order valence-corrected chi connectivity index (χ3v) is 18.7. The van der Waals surface area contributed by atoms with Crippen molar-refractivity contribution in [3.63, 3.8) is 0 Å². The molecule has 0 fully saturated rings. The summed E-state index contributed by atoms with van der Waals surface area (Å²) in [4.78, 5) is 72.5. The molecule has 0 saturated carbocycles. The van der Waals surface area contributed by atoms with Crippen LogP contribution in [-0.4, -0.2) is 96.7 Å². The number of hydrogen-bond acceptors (Lipinski definition) is 15. The Hall–Kier alpha value is -1.94. The van der Waals surface area contributed by atoms with E-state index >= 15 is 0 Å². The van der Waals surface area contributed by atoms with Gasteiger partial charge in [-0.25, -0.2) is 9.13 Å². The maximum Gasteiger partial charge on any atom is 0.472 e. The van der Waals surface area contributed by atoms with Crippen LogP contribution in [0, 0.1) is 23.7 Å². The Balaban J connectivity index is 5.21. The Morgan fingerprint density at radius 3 is 0.798 bits per heavy atom. The van der Waals surface area contributed by atoms with Crippen molar-refractivity contribution in [1.29, 1.82) is 0 Å². The zero-order chi connectivity index (χ0) is 66.1. The van der Waals surface area contributed by atoms with E-state index in [0.717, 1.165) is 114 Å². The first-order chi connectivity index (χ1) is 42.7. The van der Waals surface area contributed by atoms with E-state index in [1.807, 2.05) is 0 Å². The molecule has 0 aromatic carbocycles. The first-order valence-corrected chi connectivity index (χ1v) is 39.3. The molecule has 0 spiro atoms. The van der Waals surface area contributed by atoms with Crippen LogP contribution < -0.4 is 0 Å². The van der Waals surface area contributed by atoms with E-state index in [4.69, 9.17) is 37.0 Å². The van der Waals surface area contributed by atoms with E-state index in [1.54, 1.807) is 0 Å². The van der Waals surface area contributed by atoms with Gasteiger partial charge in [-0.1, -0.05) is 293 Å². The van der Waals surface area contributed by atoms with Crippen LogP contribution >= 0.6 is 15.6 Å². The number of rotatable bonds is 67. The highest BCUT2D eigenvalue weighted by Gasteiger charge is 2.30.